The smallest absolute Gasteiger partial charge is 0.449 e. The molecule has 0 unspecified atom stereocenters. The number of imidazole rings is 1. The van der Waals surface area contributed by atoms with E-state index in [-0.39, 0.29) is 18.4 Å². The summed E-state index contributed by atoms with van der Waals surface area (Å²) in [5.74, 6) is -0.430. The zero-order chi connectivity index (χ0) is 21.3. The second-order valence-corrected chi connectivity index (χ2v) is 7.47. The highest BCUT2D eigenvalue weighted by molar-refractivity contribution is 5.97. The molecule has 2 aromatic carbocycles. The largest absolute Gasteiger partial charge is 0.496 e. The molecule has 5 nitrogen and oxygen atoms in total. The molecule has 30 heavy (non-hydrogen) atoms. The van der Waals surface area contributed by atoms with Gasteiger partial charge in [-0.2, -0.15) is 13.2 Å². The van der Waals surface area contributed by atoms with Gasteiger partial charge in [0.15, 0.2) is 0 Å². The summed E-state index contributed by atoms with van der Waals surface area (Å²) in [6.45, 7) is 1.22. The number of carbonyl (C=O) groups excluding carboxylic acids is 1. The first-order valence-electron chi connectivity index (χ1n) is 9.83. The number of hydrogen-bond donors (Lipinski definition) is 0. The first-order valence-corrected chi connectivity index (χ1v) is 9.83. The second-order valence-electron chi connectivity index (χ2n) is 7.47. The van der Waals surface area contributed by atoms with Crippen molar-refractivity contribution in [3.05, 3.63) is 59.9 Å². The third-order valence-electron chi connectivity index (χ3n) is 5.59. The lowest BCUT2D eigenvalue weighted by molar-refractivity contribution is -0.147. The number of para-hydroxylation sites is 3. The predicted molar refractivity (Wildman–Crippen MR) is 106 cm³/mol. The average Bonchev–Trinajstić information content (AvgIpc) is 3.13. The molecule has 2 heterocycles. The van der Waals surface area contributed by atoms with Crippen LogP contribution in [0.2, 0.25) is 0 Å². The van der Waals surface area contributed by atoms with E-state index in [9.17, 15) is 18.0 Å². The van der Waals surface area contributed by atoms with Crippen molar-refractivity contribution in [1.82, 2.24) is 14.5 Å². The van der Waals surface area contributed by atoms with Gasteiger partial charge in [0.05, 0.1) is 23.7 Å². The van der Waals surface area contributed by atoms with E-state index in [1.165, 1.54) is 11.7 Å². The standard InChI is InChI=1S/C22H22F3N3O2/c1-30-19-9-5-2-6-16(19)20(29)27-12-10-15(11-13-27)14-28-18-8-4-3-7-17(18)26-21(28)22(23,24)25/h2-9,15H,10-14H2,1H3. The lowest BCUT2D eigenvalue weighted by Gasteiger charge is -2.33. The van der Waals surface area contributed by atoms with Gasteiger partial charge in [0.25, 0.3) is 5.91 Å². The molecular weight excluding hydrogens is 395 g/mol. The minimum absolute atomic E-state index is 0.0328. The van der Waals surface area contributed by atoms with E-state index in [0.717, 1.165) is 0 Å². The quantitative estimate of drug-likeness (QED) is 0.623. The number of halogens is 3. The summed E-state index contributed by atoms with van der Waals surface area (Å²) < 4.78 is 47.1. The van der Waals surface area contributed by atoms with Crippen molar-refractivity contribution in [3.8, 4) is 5.75 Å². The van der Waals surface area contributed by atoms with Crippen molar-refractivity contribution in [2.45, 2.75) is 25.6 Å². The molecular formula is C22H22F3N3O2. The van der Waals surface area contributed by atoms with Gasteiger partial charge in [-0.3, -0.25) is 4.79 Å². The summed E-state index contributed by atoms with van der Waals surface area (Å²) in [4.78, 5) is 18.4. The average molecular weight is 417 g/mol. The highest BCUT2D eigenvalue weighted by Gasteiger charge is 2.38. The lowest BCUT2D eigenvalue weighted by Crippen LogP contribution is -2.39. The van der Waals surface area contributed by atoms with Crippen LogP contribution in [0.4, 0.5) is 13.2 Å². The molecule has 1 fully saturated rings. The maximum atomic E-state index is 13.5. The summed E-state index contributed by atoms with van der Waals surface area (Å²) in [6.07, 6.45) is -3.26. The van der Waals surface area contributed by atoms with Gasteiger partial charge in [0, 0.05) is 19.6 Å². The fourth-order valence-corrected chi connectivity index (χ4v) is 4.05. The molecule has 1 amide bonds. The Morgan fingerprint density at radius 3 is 2.47 bits per heavy atom. The fourth-order valence-electron chi connectivity index (χ4n) is 4.05. The molecule has 4 rings (SSSR count). The molecule has 1 aromatic heterocycles. The molecule has 0 bridgehead atoms. The van der Waals surface area contributed by atoms with E-state index in [2.05, 4.69) is 4.98 Å². The Balaban J connectivity index is 1.49. The number of nitrogens with zero attached hydrogens (tertiary/aromatic N) is 3. The van der Waals surface area contributed by atoms with Crippen LogP contribution in [-0.4, -0.2) is 40.6 Å². The maximum absolute atomic E-state index is 13.5. The molecule has 0 atom stereocenters. The van der Waals surface area contributed by atoms with Crippen LogP contribution in [0.15, 0.2) is 48.5 Å². The van der Waals surface area contributed by atoms with Gasteiger partial charge in [-0.25, -0.2) is 4.98 Å². The van der Waals surface area contributed by atoms with Gasteiger partial charge in [-0.15, -0.1) is 0 Å². The Morgan fingerprint density at radius 2 is 1.77 bits per heavy atom. The topological polar surface area (TPSA) is 47.4 Å². The number of likely N-dealkylation sites (tertiary alicyclic amines) is 1. The number of aromatic nitrogens is 2. The van der Waals surface area contributed by atoms with Crippen molar-refractivity contribution >= 4 is 16.9 Å². The monoisotopic (exact) mass is 417 g/mol. The van der Waals surface area contributed by atoms with Gasteiger partial charge >= 0.3 is 6.18 Å². The van der Waals surface area contributed by atoms with Crippen LogP contribution in [0.1, 0.15) is 29.0 Å². The number of piperidine rings is 1. The zero-order valence-electron chi connectivity index (χ0n) is 16.5. The van der Waals surface area contributed by atoms with Crippen LogP contribution in [0.3, 0.4) is 0 Å². The number of benzene rings is 2. The number of carbonyl (C=O) groups is 1. The van der Waals surface area contributed by atoms with Crippen molar-refractivity contribution in [2.75, 3.05) is 20.2 Å². The first kappa shape index (κ1) is 20.3. The Bertz CT molecular complexity index is 1050. The van der Waals surface area contributed by atoms with Crippen molar-refractivity contribution in [1.29, 1.82) is 0 Å². The van der Waals surface area contributed by atoms with Crippen molar-refractivity contribution in [2.24, 2.45) is 5.92 Å². The van der Waals surface area contributed by atoms with Crippen LogP contribution >= 0.6 is 0 Å². The molecule has 1 aliphatic heterocycles. The molecule has 1 aliphatic rings. The number of hydrogen-bond acceptors (Lipinski definition) is 3. The normalized spacial score (nSPS) is 15.5. The molecule has 0 aliphatic carbocycles. The highest BCUT2D eigenvalue weighted by atomic mass is 19.4. The Labute approximate surface area is 172 Å². The third-order valence-corrected chi connectivity index (χ3v) is 5.59. The van der Waals surface area contributed by atoms with E-state index in [1.807, 2.05) is 0 Å². The minimum Gasteiger partial charge on any atom is -0.496 e. The van der Waals surface area contributed by atoms with Gasteiger partial charge < -0.3 is 14.2 Å². The van der Waals surface area contributed by atoms with Crippen LogP contribution < -0.4 is 4.74 Å². The Morgan fingerprint density at radius 1 is 1.10 bits per heavy atom. The maximum Gasteiger partial charge on any atom is 0.449 e. The number of rotatable bonds is 4. The number of fused-ring (bicyclic) bond motifs is 1. The van der Waals surface area contributed by atoms with E-state index >= 15 is 0 Å². The first-order chi connectivity index (χ1) is 14.4. The van der Waals surface area contributed by atoms with E-state index in [1.54, 1.807) is 53.4 Å². The molecule has 1 saturated heterocycles. The number of amides is 1. The number of alkyl halides is 3. The van der Waals surface area contributed by atoms with Crippen molar-refractivity contribution in [3.63, 3.8) is 0 Å². The van der Waals surface area contributed by atoms with Gasteiger partial charge in [-0.1, -0.05) is 24.3 Å². The minimum atomic E-state index is -4.51. The number of methoxy groups -OCH3 is 1. The number of ether oxygens (including phenoxy) is 1. The second kappa shape index (κ2) is 8.01. The van der Waals surface area contributed by atoms with E-state index in [0.29, 0.717) is 48.3 Å². The van der Waals surface area contributed by atoms with Crippen LogP contribution in [-0.2, 0) is 12.7 Å². The lowest BCUT2D eigenvalue weighted by atomic mass is 9.96. The molecule has 158 valence electrons. The predicted octanol–water partition coefficient (Wildman–Crippen LogP) is 4.62. The summed E-state index contributed by atoms with van der Waals surface area (Å²) >= 11 is 0. The van der Waals surface area contributed by atoms with Crippen molar-refractivity contribution < 1.29 is 22.7 Å². The summed E-state index contributed by atoms with van der Waals surface area (Å²) in [6, 6.07) is 13.7. The SMILES string of the molecule is COc1ccccc1C(=O)N1CCC(Cn2c(C(F)(F)F)nc3ccccc32)CC1. The van der Waals surface area contributed by atoms with E-state index in [4.69, 9.17) is 4.74 Å². The molecule has 3 aromatic rings. The molecule has 0 spiro atoms. The Hall–Kier alpha value is -3.03. The third kappa shape index (κ3) is 3.86. The molecule has 0 N–H and O–H groups in total. The highest BCUT2D eigenvalue weighted by Crippen LogP contribution is 2.33. The fraction of sp³-hybridized carbons (Fsp3) is 0.364. The van der Waals surface area contributed by atoms with Crippen LogP contribution in [0.5, 0.6) is 5.75 Å². The van der Waals surface area contributed by atoms with Gasteiger partial charge in [0.1, 0.15) is 5.75 Å². The van der Waals surface area contributed by atoms with Gasteiger partial charge in [-0.05, 0) is 43.0 Å². The summed E-state index contributed by atoms with van der Waals surface area (Å²) in [7, 11) is 1.52. The molecule has 8 heteroatoms. The molecule has 0 radical (unpaired) electrons. The summed E-state index contributed by atoms with van der Waals surface area (Å²) in [5.41, 5.74) is 1.32. The Kier molecular flexibility index (Phi) is 5.40. The van der Waals surface area contributed by atoms with Crippen LogP contribution in [0.25, 0.3) is 11.0 Å². The van der Waals surface area contributed by atoms with Crippen LogP contribution in [0, 0.1) is 5.92 Å². The van der Waals surface area contributed by atoms with E-state index < -0.39 is 12.0 Å². The summed E-state index contributed by atoms with van der Waals surface area (Å²) in [5, 5.41) is 0. The zero-order valence-corrected chi connectivity index (χ0v) is 16.5. The van der Waals surface area contributed by atoms with Gasteiger partial charge in [0.2, 0.25) is 5.82 Å². The molecule has 0 saturated carbocycles.